The second-order valence-electron chi connectivity index (χ2n) is 8.14. The summed E-state index contributed by atoms with van der Waals surface area (Å²) in [5.74, 6) is 0.145. The lowest BCUT2D eigenvalue weighted by Gasteiger charge is -2.30. The molecule has 0 N–H and O–H groups in total. The third-order valence-corrected chi connectivity index (χ3v) is 7.76. The van der Waals surface area contributed by atoms with Gasteiger partial charge in [-0.15, -0.1) is 0 Å². The van der Waals surface area contributed by atoms with E-state index < -0.39 is 10.0 Å². The number of nitrogens with zero attached hydrogens (tertiary/aromatic N) is 1. The van der Waals surface area contributed by atoms with Crippen LogP contribution in [0.1, 0.15) is 39.2 Å². The maximum atomic E-state index is 13.1. The zero-order valence-corrected chi connectivity index (χ0v) is 16.8. The number of hydrogen-bond donors (Lipinski definition) is 0. The van der Waals surface area contributed by atoms with Gasteiger partial charge < -0.3 is 0 Å². The minimum absolute atomic E-state index is 0.0644. The number of allylic oxidation sites excluding steroid dienone is 2. The van der Waals surface area contributed by atoms with Crippen molar-refractivity contribution in [3.05, 3.63) is 53.1 Å². The molecular formula is C21H27NO3S. The van der Waals surface area contributed by atoms with Crippen molar-refractivity contribution in [1.82, 2.24) is 4.31 Å². The Balaban J connectivity index is 1.96. The van der Waals surface area contributed by atoms with E-state index in [1.54, 1.807) is 23.4 Å². The minimum Gasteiger partial charge on any atom is -0.295 e. The highest BCUT2D eigenvalue weighted by atomic mass is 32.2. The van der Waals surface area contributed by atoms with E-state index in [-0.39, 0.29) is 17.1 Å². The van der Waals surface area contributed by atoms with E-state index in [0.29, 0.717) is 30.8 Å². The molecule has 4 nitrogen and oxygen atoms in total. The lowest BCUT2D eigenvalue weighted by Crippen LogP contribution is -2.32. The van der Waals surface area contributed by atoms with Gasteiger partial charge in [0.05, 0.1) is 4.90 Å². The van der Waals surface area contributed by atoms with Crippen molar-refractivity contribution in [2.45, 2.75) is 45.4 Å². The van der Waals surface area contributed by atoms with E-state index in [1.165, 1.54) is 0 Å². The molecule has 1 aromatic rings. The predicted molar refractivity (Wildman–Crippen MR) is 103 cm³/mol. The summed E-state index contributed by atoms with van der Waals surface area (Å²) in [6, 6.07) is 6.98. The fraction of sp³-hybridized carbons (Fsp3) is 0.476. The lowest BCUT2D eigenvalue weighted by atomic mass is 9.73. The molecule has 0 radical (unpaired) electrons. The summed E-state index contributed by atoms with van der Waals surface area (Å²) >= 11 is 0. The van der Waals surface area contributed by atoms with Gasteiger partial charge in [0.1, 0.15) is 0 Å². The number of benzene rings is 1. The summed E-state index contributed by atoms with van der Waals surface area (Å²) in [5, 5.41) is 0. The SMILES string of the molecule is C=C1CC(C)=C(C(C)=O)CC2(C)CN(S(=O)(=O)c3ccc(C)cc3)CC12. The van der Waals surface area contributed by atoms with Gasteiger partial charge in [0.2, 0.25) is 10.0 Å². The van der Waals surface area contributed by atoms with Crippen LogP contribution in [0.25, 0.3) is 0 Å². The van der Waals surface area contributed by atoms with Crippen LogP contribution in [0.15, 0.2) is 52.5 Å². The number of hydrogen-bond acceptors (Lipinski definition) is 3. The zero-order chi connectivity index (χ0) is 19.3. The summed E-state index contributed by atoms with van der Waals surface area (Å²) in [4.78, 5) is 12.4. The Hall–Kier alpha value is -1.72. The minimum atomic E-state index is -3.55. The van der Waals surface area contributed by atoms with E-state index in [9.17, 15) is 13.2 Å². The van der Waals surface area contributed by atoms with Crippen molar-refractivity contribution in [2.75, 3.05) is 13.1 Å². The van der Waals surface area contributed by atoms with Crippen LogP contribution in [0.2, 0.25) is 0 Å². The average molecular weight is 374 g/mol. The third-order valence-electron chi connectivity index (χ3n) is 5.93. The van der Waals surface area contributed by atoms with Gasteiger partial charge in [0, 0.05) is 19.0 Å². The smallest absolute Gasteiger partial charge is 0.243 e. The highest BCUT2D eigenvalue weighted by Gasteiger charge is 2.49. The van der Waals surface area contributed by atoms with Gasteiger partial charge in [-0.3, -0.25) is 4.79 Å². The predicted octanol–water partition coefficient (Wildman–Crippen LogP) is 3.88. The van der Waals surface area contributed by atoms with Crippen molar-refractivity contribution in [2.24, 2.45) is 11.3 Å². The fourth-order valence-corrected chi connectivity index (χ4v) is 5.98. The number of rotatable bonds is 3. The van der Waals surface area contributed by atoms with Crippen molar-refractivity contribution in [1.29, 1.82) is 0 Å². The van der Waals surface area contributed by atoms with Crippen LogP contribution in [0.3, 0.4) is 0 Å². The molecular weight excluding hydrogens is 346 g/mol. The largest absolute Gasteiger partial charge is 0.295 e. The van der Waals surface area contributed by atoms with Gasteiger partial charge >= 0.3 is 0 Å². The summed E-state index contributed by atoms with van der Waals surface area (Å²) in [7, 11) is -3.55. The Morgan fingerprint density at radius 1 is 1.23 bits per heavy atom. The van der Waals surface area contributed by atoms with Crippen molar-refractivity contribution in [3.8, 4) is 0 Å². The number of carbonyl (C=O) groups is 1. The topological polar surface area (TPSA) is 54.5 Å². The van der Waals surface area contributed by atoms with E-state index in [4.69, 9.17) is 0 Å². The molecule has 1 aliphatic carbocycles. The maximum Gasteiger partial charge on any atom is 0.243 e. The van der Waals surface area contributed by atoms with Gasteiger partial charge in [-0.25, -0.2) is 8.42 Å². The molecule has 1 fully saturated rings. The quantitative estimate of drug-likeness (QED) is 0.756. The molecule has 2 unspecified atom stereocenters. The number of Topliss-reactive ketones (excluding diaryl/α,β-unsaturated/α-hetero) is 1. The highest BCUT2D eigenvalue weighted by Crippen LogP contribution is 2.49. The average Bonchev–Trinajstić information content (AvgIpc) is 2.87. The zero-order valence-electron chi connectivity index (χ0n) is 16.0. The number of carbonyl (C=O) groups excluding carboxylic acids is 1. The van der Waals surface area contributed by atoms with Crippen LogP contribution in [-0.4, -0.2) is 31.6 Å². The molecule has 1 aliphatic heterocycles. The monoisotopic (exact) mass is 373 g/mol. The molecule has 2 aliphatic rings. The van der Waals surface area contributed by atoms with Gasteiger partial charge in [-0.2, -0.15) is 4.31 Å². The molecule has 1 heterocycles. The maximum absolute atomic E-state index is 13.1. The second kappa shape index (κ2) is 6.46. The molecule has 1 saturated heterocycles. The van der Waals surface area contributed by atoms with Crippen LogP contribution in [0, 0.1) is 18.3 Å². The number of fused-ring (bicyclic) bond motifs is 1. The fourth-order valence-electron chi connectivity index (χ4n) is 4.40. The van der Waals surface area contributed by atoms with Gasteiger partial charge in [-0.05, 0) is 56.7 Å². The molecule has 0 amide bonds. The Morgan fingerprint density at radius 3 is 2.42 bits per heavy atom. The molecule has 1 aromatic carbocycles. The van der Waals surface area contributed by atoms with E-state index in [2.05, 4.69) is 13.5 Å². The highest BCUT2D eigenvalue weighted by molar-refractivity contribution is 7.89. The first-order chi connectivity index (χ1) is 12.0. The van der Waals surface area contributed by atoms with E-state index >= 15 is 0 Å². The van der Waals surface area contributed by atoms with Gasteiger partial charge in [0.15, 0.2) is 5.78 Å². The van der Waals surface area contributed by atoms with Crippen LogP contribution < -0.4 is 0 Å². The molecule has 0 saturated carbocycles. The molecule has 5 heteroatoms. The van der Waals surface area contributed by atoms with Crippen LogP contribution >= 0.6 is 0 Å². The third kappa shape index (κ3) is 3.19. The summed E-state index contributed by atoms with van der Waals surface area (Å²) < 4.78 is 27.8. The van der Waals surface area contributed by atoms with Crippen molar-refractivity contribution < 1.29 is 13.2 Å². The van der Waals surface area contributed by atoms with Crippen molar-refractivity contribution >= 4 is 15.8 Å². The summed E-state index contributed by atoms with van der Waals surface area (Å²) in [5.41, 5.74) is 3.68. The van der Waals surface area contributed by atoms with Crippen LogP contribution in [-0.2, 0) is 14.8 Å². The molecule has 26 heavy (non-hydrogen) atoms. The second-order valence-corrected chi connectivity index (χ2v) is 10.1. The molecule has 3 rings (SSSR count). The molecule has 140 valence electrons. The van der Waals surface area contributed by atoms with E-state index in [1.807, 2.05) is 26.0 Å². The molecule has 2 atom stereocenters. The van der Waals surface area contributed by atoms with E-state index in [0.717, 1.165) is 22.3 Å². The first-order valence-corrected chi connectivity index (χ1v) is 10.4. The lowest BCUT2D eigenvalue weighted by molar-refractivity contribution is -0.114. The number of ketones is 1. The first kappa shape index (κ1) is 19.1. The Kier molecular flexibility index (Phi) is 4.74. The first-order valence-electron chi connectivity index (χ1n) is 8.98. The molecule has 0 bridgehead atoms. The summed E-state index contributed by atoms with van der Waals surface area (Å²) in [6.07, 6.45) is 1.28. The number of sulfonamides is 1. The Labute approximate surface area is 156 Å². The Morgan fingerprint density at radius 2 is 1.85 bits per heavy atom. The van der Waals surface area contributed by atoms with Gasteiger partial charge in [-0.1, -0.05) is 42.3 Å². The number of aryl methyl sites for hydroxylation is 1. The Bertz CT molecular complexity index is 896. The van der Waals surface area contributed by atoms with Crippen molar-refractivity contribution in [3.63, 3.8) is 0 Å². The standard InChI is InChI=1S/C21H27NO3S/c1-14-6-8-18(9-7-14)26(24,25)22-12-20-16(3)10-15(2)19(17(4)23)11-21(20,5)13-22/h6-9,20H,3,10-13H2,1-2,4-5H3. The van der Waals surface area contributed by atoms with Crippen LogP contribution in [0.4, 0.5) is 0 Å². The van der Waals surface area contributed by atoms with Gasteiger partial charge in [0.25, 0.3) is 0 Å². The molecule has 0 spiro atoms. The molecule has 0 aromatic heterocycles. The summed E-state index contributed by atoms with van der Waals surface area (Å²) in [6.45, 7) is 12.7. The van der Waals surface area contributed by atoms with Crippen LogP contribution in [0.5, 0.6) is 0 Å². The normalized spacial score (nSPS) is 27.4.